The Hall–Kier alpha value is -1.26. The van der Waals surface area contributed by atoms with Crippen LogP contribution in [0.15, 0.2) is 18.2 Å². The van der Waals surface area contributed by atoms with Crippen LogP contribution >= 0.6 is 0 Å². The Morgan fingerprint density at radius 1 is 1.29 bits per heavy atom. The molecule has 0 aliphatic rings. The van der Waals surface area contributed by atoms with Crippen molar-refractivity contribution in [2.75, 3.05) is 40.9 Å². The second-order valence-electron chi connectivity index (χ2n) is 4.16. The fraction of sp³-hybridized carbons (Fsp3) is 0.538. The van der Waals surface area contributed by atoms with E-state index < -0.39 is 0 Å². The van der Waals surface area contributed by atoms with Crippen molar-refractivity contribution >= 4 is 0 Å². The minimum absolute atomic E-state index is 0.621. The van der Waals surface area contributed by atoms with E-state index in [4.69, 9.17) is 15.2 Å². The van der Waals surface area contributed by atoms with Gasteiger partial charge in [-0.1, -0.05) is 6.07 Å². The van der Waals surface area contributed by atoms with Crippen LogP contribution < -0.4 is 15.2 Å². The lowest BCUT2D eigenvalue weighted by Gasteiger charge is -2.14. The molecule has 0 heterocycles. The fourth-order valence-corrected chi connectivity index (χ4v) is 1.50. The van der Waals surface area contributed by atoms with Gasteiger partial charge in [0.1, 0.15) is 18.1 Å². The zero-order valence-corrected chi connectivity index (χ0v) is 10.9. The molecule has 0 saturated heterocycles. The van der Waals surface area contributed by atoms with E-state index in [1.807, 2.05) is 32.3 Å². The summed E-state index contributed by atoms with van der Waals surface area (Å²) in [5.74, 6) is 1.68. The summed E-state index contributed by atoms with van der Waals surface area (Å²) < 4.78 is 11.0. The first-order valence-electron chi connectivity index (χ1n) is 5.82. The molecule has 0 fully saturated rings. The van der Waals surface area contributed by atoms with Crippen LogP contribution in [-0.4, -0.2) is 45.8 Å². The third-order valence-corrected chi connectivity index (χ3v) is 2.48. The summed E-state index contributed by atoms with van der Waals surface area (Å²) in [7, 11) is 5.70. The third kappa shape index (κ3) is 4.63. The molecule has 1 aromatic rings. The lowest BCUT2D eigenvalue weighted by atomic mass is 10.1. The Morgan fingerprint density at radius 2 is 2.06 bits per heavy atom. The average Bonchev–Trinajstić information content (AvgIpc) is 2.31. The van der Waals surface area contributed by atoms with Crippen LogP contribution in [-0.2, 0) is 6.42 Å². The van der Waals surface area contributed by atoms with Gasteiger partial charge >= 0.3 is 0 Å². The van der Waals surface area contributed by atoms with Crippen LogP contribution in [0.1, 0.15) is 5.56 Å². The summed E-state index contributed by atoms with van der Waals surface area (Å²) in [4.78, 5) is 2.09. The molecule has 2 N–H and O–H groups in total. The normalized spacial score (nSPS) is 10.6. The predicted octanol–water partition coefficient (Wildman–Crippen LogP) is 1.14. The minimum Gasteiger partial charge on any atom is -0.497 e. The molecule has 0 saturated carbocycles. The molecular weight excluding hydrogens is 216 g/mol. The third-order valence-electron chi connectivity index (χ3n) is 2.48. The highest BCUT2D eigenvalue weighted by molar-refractivity contribution is 5.41. The maximum Gasteiger partial charge on any atom is 0.126 e. The number of nitrogens with zero attached hydrogens (tertiary/aromatic N) is 1. The molecule has 0 spiro atoms. The van der Waals surface area contributed by atoms with Gasteiger partial charge in [-0.3, -0.25) is 0 Å². The summed E-state index contributed by atoms with van der Waals surface area (Å²) in [6, 6.07) is 5.86. The molecule has 0 unspecified atom stereocenters. The Labute approximate surface area is 103 Å². The first-order valence-corrected chi connectivity index (χ1v) is 5.82. The quantitative estimate of drug-likeness (QED) is 0.774. The van der Waals surface area contributed by atoms with Crippen LogP contribution in [0.3, 0.4) is 0 Å². The number of hydrogen-bond donors (Lipinski definition) is 1. The number of hydrogen-bond acceptors (Lipinski definition) is 4. The molecule has 0 aromatic heterocycles. The molecule has 0 aliphatic carbocycles. The summed E-state index contributed by atoms with van der Waals surface area (Å²) in [6.45, 7) is 2.17. The van der Waals surface area contributed by atoms with Crippen molar-refractivity contribution in [2.24, 2.45) is 5.73 Å². The van der Waals surface area contributed by atoms with E-state index in [-0.39, 0.29) is 0 Å². The molecule has 0 amide bonds. The highest BCUT2D eigenvalue weighted by atomic mass is 16.5. The number of likely N-dealkylation sites (N-methyl/N-ethyl adjacent to an activating group) is 1. The van der Waals surface area contributed by atoms with Gasteiger partial charge in [0.15, 0.2) is 0 Å². The maximum absolute atomic E-state index is 5.77. The molecule has 4 nitrogen and oxygen atoms in total. The molecule has 17 heavy (non-hydrogen) atoms. The number of methoxy groups -OCH3 is 1. The zero-order chi connectivity index (χ0) is 12.7. The standard InChI is InChI=1S/C13H22N2O2/c1-15(2)8-9-17-13-10-12(16-3)5-4-11(13)6-7-14/h4-5,10H,6-9,14H2,1-3H3. The molecule has 1 rings (SSSR count). The van der Waals surface area contributed by atoms with Gasteiger partial charge in [-0.05, 0) is 38.7 Å². The Morgan fingerprint density at radius 3 is 2.65 bits per heavy atom. The van der Waals surface area contributed by atoms with Crippen LogP contribution in [0, 0.1) is 0 Å². The largest absolute Gasteiger partial charge is 0.497 e. The molecular formula is C13H22N2O2. The smallest absolute Gasteiger partial charge is 0.126 e. The molecule has 96 valence electrons. The van der Waals surface area contributed by atoms with Crippen LogP contribution in [0.5, 0.6) is 11.5 Å². The SMILES string of the molecule is COc1ccc(CCN)c(OCCN(C)C)c1. The minimum atomic E-state index is 0.621. The van der Waals surface area contributed by atoms with Gasteiger partial charge in [0.05, 0.1) is 7.11 Å². The molecule has 0 radical (unpaired) electrons. The summed E-state index contributed by atoms with van der Waals surface area (Å²) in [5.41, 5.74) is 6.71. The van der Waals surface area contributed by atoms with E-state index >= 15 is 0 Å². The Kier molecular flexibility index (Phi) is 5.80. The van der Waals surface area contributed by atoms with Gasteiger partial charge in [-0.15, -0.1) is 0 Å². The molecule has 1 aromatic carbocycles. The first-order chi connectivity index (χ1) is 8.17. The van der Waals surface area contributed by atoms with E-state index in [0.29, 0.717) is 13.2 Å². The van der Waals surface area contributed by atoms with Crippen molar-refractivity contribution in [2.45, 2.75) is 6.42 Å². The predicted molar refractivity (Wildman–Crippen MR) is 69.8 cm³/mol. The lowest BCUT2D eigenvalue weighted by Crippen LogP contribution is -2.20. The number of ether oxygens (including phenoxy) is 2. The van der Waals surface area contributed by atoms with Crippen LogP contribution in [0.25, 0.3) is 0 Å². The van der Waals surface area contributed by atoms with Crippen molar-refractivity contribution in [1.29, 1.82) is 0 Å². The number of nitrogens with two attached hydrogens (primary N) is 1. The summed E-state index contributed by atoms with van der Waals surface area (Å²) >= 11 is 0. The summed E-state index contributed by atoms with van der Waals surface area (Å²) in [5, 5.41) is 0. The number of rotatable bonds is 7. The second kappa shape index (κ2) is 7.14. The van der Waals surface area contributed by atoms with E-state index in [0.717, 1.165) is 30.0 Å². The van der Waals surface area contributed by atoms with E-state index in [2.05, 4.69) is 4.90 Å². The monoisotopic (exact) mass is 238 g/mol. The van der Waals surface area contributed by atoms with Crippen molar-refractivity contribution in [3.05, 3.63) is 23.8 Å². The molecule has 0 aliphatic heterocycles. The van der Waals surface area contributed by atoms with Gasteiger partial charge in [0.25, 0.3) is 0 Å². The van der Waals surface area contributed by atoms with E-state index in [1.165, 1.54) is 0 Å². The lowest BCUT2D eigenvalue weighted by molar-refractivity contribution is 0.258. The van der Waals surface area contributed by atoms with Crippen molar-refractivity contribution in [1.82, 2.24) is 4.90 Å². The second-order valence-corrected chi connectivity index (χ2v) is 4.16. The maximum atomic E-state index is 5.77. The Bertz CT molecular complexity index is 340. The fourth-order valence-electron chi connectivity index (χ4n) is 1.50. The van der Waals surface area contributed by atoms with Gasteiger partial charge in [0.2, 0.25) is 0 Å². The van der Waals surface area contributed by atoms with Crippen molar-refractivity contribution < 1.29 is 9.47 Å². The number of benzene rings is 1. The van der Waals surface area contributed by atoms with Crippen molar-refractivity contribution in [3.63, 3.8) is 0 Å². The average molecular weight is 238 g/mol. The van der Waals surface area contributed by atoms with E-state index in [1.54, 1.807) is 7.11 Å². The highest BCUT2D eigenvalue weighted by Gasteiger charge is 2.05. The van der Waals surface area contributed by atoms with Gasteiger partial charge in [0, 0.05) is 12.6 Å². The van der Waals surface area contributed by atoms with Gasteiger partial charge in [-0.2, -0.15) is 0 Å². The summed E-state index contributed by atoms with van der Waals surface area (Å²) in [6.07, 6.45) is 0.821. The van der Waals surface area contributed by atoms with Gasteiger partial charge < -0.3 is 20.1 Å². The first kappa shape index (κ1) is 13.8. The van der Waals surface area contributed by atoms with Crippen molar-refractivity contribution in [3.8, 4) is 11.5 Å². The van der Waals surface area contributed by atoms with E-state index in [9.17, 15) is 0 Å². The van der Waals surface area contributed by atoms with Gasteiger partial charge in [-0.25, -0.2) is 0 Å². The van der Waals surface area contributed by atoms with Crippen LogP contribution in [0.2, 0.25) is 0 Å². The van der Waals surface area contributed by atoms with Crippen LogP contribution in [0.4, 0.5) is 0 Å². The topological polar surface area (TPSA) is 47.7 Å². The Balaban J connectivity index is 2.70. The molecule has 4 heteroatoms. The highest BCUT2D eigenvalue weighted by Crippen LogP contribution is 2.25. The molecule has 0 bridgehead atoms. The molecule has 0 atom stereocenters. The zero-order valence-electron chi connectivity index (χ0n) is 10.9.